The summed E-state index contributed by atoms with van der Waals surface area (Å²) in [7, 11) is -3.82. The number of hydrogen-bond donors (Lipinski definition) is 3. The van der Waals surface area contributed by atoms with E-state index in [-0.39, 0.29) is 26.9 Å². The lowest BCUT2D eigenvalue weighted by molar-refractivity contribution is -0.115. The van der Waals surface area contributed by atoms with Crippen molar-refractivity contribution in [2.24, 2.45) is 0 Å². The first-order valence-corrected chi connectivity index (χ1v) is 13.6. The molecule has 10 heteroatoms. The monoisotopic (exact) mass is 516 g/mol. The molecule has 0 saturated carbocycles. The number of amides is 2. The lowest BCUT2D eigenvalue weighted by Gasteiger charge is -2.10. The van der Waals surface area contributed by atoms with Gasteiger partial charge < -0.3 is 16.0 Å². The SMILES string of the molecule is O=C1Cc2cccc(-c3ncc(CNCc4ccc5c(c4)NC(=O)c4ccccc4S5(=O)=O)s3)c2N1. The number of nitrogens with zero attached hydrogens (tertiary/aromatic N) is 1. The van der Waals surface area contributed by atoms with Gasteiger partial charge in [-0.25, -0.2) is 13.4 Å². The first-order chi connectivity index (χ1) is 17.4. The number of nitrogens with one attached hydrogen (secondary N) is 3. The molecule has 0 fully saturated rings. The summed E-state index contributed by atoms with van der Waals surface area (Å²) in [5.74, 6) is -0.455. The first-order valence-electron chi connectivity index (χ1n) is 11.3. The van der Waals surface area contributed by atoms with Crippen molar-refractivity contribution in [1.82, 2.24) is 10.3 Å². The maximum Gasteiger partial charge on any atom is 0.257 e. The molecule has 3 N–H and O–H groups in total. The smallest absolute Gasteiger partial charge is 0.257 e. The van der Waals surface area contributed by atoms with Gasteiger partial charge in [0, 0.05) is 29.7 Å². The highest BCUT2D eigenvalue weighted by molar-refractivity contribution is 7.91. The Morgan fingerprint density at radius 3 is 2.64 bits per heavy atom. The van der Waals surface area contributed by atoms with Gasteiger partial charge in [0.05, 0.1) is 33.2 Å². The minimum absolute atomic E-state index is 0.00970. The molecule has 0 bridgehead atoms. The molecule has 3 aromatic carbocycles. The zero-order valence-electron chi connectivity index (χ0n) is 18.9. The molecule has 0 saturated heterocycles. The molecule has 0 radical (unpaired) electrons. The normalized spacial score (nSPS) is 15.3. The highest BCUT2D eigenvalue weighted by Gasteiger charge is 2.31. The summed E-state index contributed by atoms with van der Waals surface area (Å²) in [4.78, 5) is 30.1. The summed E-state index contributed by atoms with van der Waals surface area (Å²) in [6, 6.07) is 17.0. The highest BCUT2D eigenvalue weighted by atomic mass is 32.2. The average molecular weight is 517 g/mol. The number of carbonyl (C=O) groups is 2. The summed E-state index contributed by atoms with van der Waals surface area (Å²) in [5, 5.41) is 9.85. The lowest BCUT2D eigenvalue weighted by atomic mass is 10.1. The van der Waals surface area contributed by atoms with Gasteiger partial charge in [-0.15, -0.1) is 11.3 Å². The van der Waals surface area contributed by atoms with Crippen LogP contribution < -0.4 is 16.0 Å². The number of benzene rings is 3. The molecule has 0 unspecified atom stereocenters. The predicted molar refractivity (Wildman–Crippen MR) is 137 cm³/mol. The minimum atomic E-state index is -3.82. The van der Waals surface area contributed by atoms with Crippen LogP contribution in [0, 0.1) is 0 Å². The van der Waals surface area contributed by atoms with Crippen LogP contribution in [-0.2, 0) is 34.1 Å². The Bertz CT molecular complexity index is 1660. The van der Waals surface area contributed by atoms with Crippen molar-refractivity contribution in [2.75, 3.05) is 10.6 Å². The van der Waals surface area contributed by atoms with E-state index in [1.54, 1.807) is 41.7 Å². The van der Waals surface area contributed by atoms with Crippen molar-refractivity contribution in [1.29, 1.82) is 0 Å². The molecular weight excluding hydrogens is 496 g/mol. The van der Waals surface area contributed by atoms with Gasteiger partial charge in [-0.3, -0.25) is 9.59 Å². The summed E-state index contributed by atoms with van der Waals surface area (Å²) in [5.41, 5.74) is 3.98. The Hall–Kier alpha value is -3.86. The zero-order chi connectivity index (χ0) is 24.9. The number of sulfone groups is 1. The Balaban J connectivity index is 1.17. The first kappa shape index (κ1) is 22.6. The maximum absolute atomic E-state index is 13.1. The van der Waals surface area contributed by atoms with Gasteiger partial charge in [-0.1, -0.05) is 30.3 Å². The fraction of sp³-hybridized carbons (Fsp3) is 0.115. The molecular formula is C26H20N4O4S2. The number of para-hydroxylation sites is 1. The van der Waals surface area contributed by atoms with E-state index in [9.17, 15) is 18.0 Å². The second-order valence-electron chi connectivity index (χ2n) is 8.58. The van der Waals surface area contributed by atoms with E-state index in [0.29, 0.717) is 19.5 Å². The summed E-state index contributed by atoms with van der Waals surface area (Å²) < 4.78 is 26.3. The predicted octanol–water partition coefficient (Wildman–Crippen LogP) is 3.99. The lowest BCUT2D eigenvalue weighted by Crippen LogP contribution is -2.14. The van der Waals surface area contributed by atoms with E-state index in [0.717, 1.165) is 32.3 Å². The van der Waals surface area contributed by atoms with Crippen LogP contribution in [0.4, 0.5) is 11.4 Å². The molecule has 180 valence electrons. The number of anilines is 2. The second-order valence-corrected chi connectivity index (χ2v) is 11.6. The van der Waals surface area contributed by atoms with Crippen LogP contribution >= 0.6 is 11.3 Å². The van der Waals surface area contributed by atoms with Crippen molar-refractivity contribution >= 4 is 44.4 Å². The van der Waals surface area contributed by atoms with E-state index < -0.39 is 15.7 Å². The van der Waals surface area contributed by atoms with E-state index in [4.69, 9.17) is 0 Å². The van der Waals surface area contributed by atoms with Crippen LogP contribution in [0.5, 0.6) is 0 Å². The van der Waals surface area contributed by atoms with Gasteiger partial charge >= 0.3 is 0 Å². The molecule has 2 aliphatic rings. The molecule has 1 aromatic heterocycles. The van der Waals surface area contributed by atoms with Crippen LogP contribution in [0.3, 0.4) is 0 Å². The summed E-state index contributed by atoms with van der Waals surface area (Å²) in [6.45, 7) is 1.03. The van der Waals surface area contributed by atoms with Crippen molar-refractivity contribution < 1.29 is 18.0 Å². The van der Waals surface area contributed by atoms with Crippen molar-refractivity contribution in [3.05, 3.63) is 88.4 Å². The van der Waals surface area contributed by atoms with Gasteiger partial charge in [-0.05, 0) is 41.5 Å². The average Bonchev–Trinajstić information content (AvgIpc) is 3.47. The van der Waals surface area contributed by atoms with Gasteiger partial charge in [-0.2, -0.15) is 0 Å². The Morgan fingerprint density at radius 2 is 1.75 bits per heavy atom. The fourth-order valence-electron chi connectivity index (χ4n) is 4.49. The molecule has 8 nitrogen and oxygen atoms in total. The topological polar surface area (TPSA) is 117 Å². The van der Waals surface area contributed by atoms with E-state index in [1.165, 1.54) is 12.1 Å². The highest BCUT2D eigenvalue weighted by Crippen LogP contribution is 2.37. The number of carbonyl (C=O) groups excluding carboxylic acids is 2. The number of hydrogen-bond acceptors (Lipinski definition) is 7. The third-order valence-electron chi connectivity index (χ3n) is 6.18. The molecule has 4 aromatic rings. The third kappa shape index (κ3) is 3.89. The fourth-order valence-corrected chi connectivity index (χ4v) is 6.99. The Labute approximate surface area is 211 Å². The van der Waals surface area contributed by atoms with Crippen LogP contribution in [0.2, 0.25) is 0 Å². The van der Waals surface area contributed by atoms with Crippen molar-refractivity contribution in [2.45, 2.75) is 29.3 Å². The van der Waals surface area contributed by atoms with Crippen LogP contribution in [0.15, 0.2) is 76.7 Å². The van der Waals surface area contributed by atoms with E-state index >= 15 is 0 Å². The molecule has 0 spiro atoms. The van der Waals surface area contributed by atoms with Crippen LogP contribution in [0.1, 0.15) is 26.4 Å². The van der Waals surface area contributed by atoms with Crippen LogP contribution in [-0.4, -0.2) is 25.2 Å². The molecule has 36 heavy (non-hydrogen) atoms. The quantitative estimate of drug-likeness (QED) is 0.369. The number of fused-ring (bicyclic) bond motifs is 3. The van der Waals surface area contributed by atoms with E-state index in [2.05, 4.69) is 20.9 Å². The number of thiazole rings is 1. The third-order valence-corrected chi connectivity index (χ3v) is 9.08. The van der Waals surface area contributed by atoms with Gasteiger partial charge in [0.15, 0.2) is 0 Å². The van der Waals surface area contributed by atoms with Gasteiger partial charge in [0.25, 0.3) is 5.91 Å². The van der Waals surface area contributed by atoms with Gasteiger partial charge in [0.2, 0.25) is 15.7 Å². The molecule has 2 amide bonds. The van der Waals surface area contributed by atoms with Crippen molar-refractivity contribution in [3.63, 3.8) is 0 Å². The second kappa shape index (κ2) is 8.66. The summed E-state index contributed by atoms with van der Waals surface area (Å²) >= 11 is 1.55. The van der Waals surface area contributed by atoms with Crippen molar-refractivity contribution in [3.8, 4) is 10.6 Å². The maximum atomic E-state index is 13.1. The molecule has 3 heterocycles. The zero-order valence-corrected chi connectivity index (χ0v) is 20.5. The molecule has 2 aliphatic heterocycles. The Kier molecular flexibility index (Phi) is 5.44. The largest absolute Gasteiger partial charge is 0.325 e. The summed E-state index contributed by atoms with van der Waals surface area (Å²) in [6.07, 6.45) is 2.20. The van der Waals surface area contributed by atoms with Crippen LogP contribution in [0.25, 0.3) is 10.6 Å². The molecule has 0 atom stereocenters. The number of aromatic nitrogens is 1. The van der Waals surface area contributed by atoms with Gasteiger partial charge in [0.1, 0.15) is 5.01 Å². The Morgan fingerprint density at radius 1 is 0.917 bits per heavy atom. The molecule has 6 rings (SSSR count). The molecule has 0 aliphatic carbocycles. The minimum Gasteiger partial charge on any atom is -0.325 e. The standard InChI is InChI=1S/C26H20N4O4S2/c31-23-11-16-4-3-6-19(24(16)30-23)26-28-14-17(35-26)13-27-12-15-8-9-22-20(10-15)29-25(32)18-5-1-2-7-21(18)36(22,33)34/h1-10,14,27H,11-13H2,(H,29,32)(H,30,31). The van der Waals surface area contributed by atoms with E-state index in [1.807, 2.05) is 24.4 Å². The number of rotatable bonds is 5.